The quantitative estimate of drug-likeness (QED) is 0.249. The summed E-state index contributed by atoms with van der Waals surface area (Å²) in [6.45, 7) is 2.63. The molecule has 0 aliphatic carbocycles. The minimum absolute atomic E-state index is 0.0834. The topological polar surface area (TPSA) is 39.2 Å². The lowest BCUT2D eigenvalue weighted by molar-refractivity contribution is -0.145. The Labute approximate surface area is 154 Å². The van der Waals surface area contributed by atoms with E-state index in [0.717, 1.165) is 18.4 Å². The van der Waals surface area contributed by atoms with Gasteiger partial charge in [-0.25, -0.2) is 0 Å². The Balaban J connectivity index is 1.80. The largest absolute Gasteiger partial charge is 0.461 e. The number of esters is 1. The van der Waals surface area contributed by atoms with E-state index in [1.165, 1.54) is 70.6 Å². The van der Waals surface area contributed by atoms with Crippen molar-refractivity contribution in [3.63, 3.8) is 0 Å². The number of hydrogen-bond donors (Lipinski definition) is 0. The predicted molar refractivity (Wildman–Crippen MR) is 104 cm³/mol. The second-order valence-electron chi connectivity index (χ2n) is 7.01. The third-order valence-corrected chi connectivity index (χ3v) is 4.63. The van der Waals surface area contributed by atoms with E-state index < -0.39 is 0 Å². The summed E-state index contributed by atoms with van der Waals surface area (Å²) in [7, 11) is 0. The second kappa shape index (κ2) is 16.1. The average molecular weight is 348 g/mol. The molecular formula is C22H37NO2. The highest BCUT2D eigenvalue weighted by molar-refractivity contribution is 5.69. The van der Waals surface area contributed by atoms with E-state index in [1.807, 2.05) is 12.1 Å². The number of ether oxygens (including phenoxy) is 1. The van der Waals surface area contributed by atoms with Gasteiger partial charge >= 0.3 is 5.97 Å². The molecule has 1 aromatic rings. The first-order valence-corrected chi connectivity index (χ1v) is 10.4. The van der Waals surface area contributed by atoms with E-state index in [0.29, 0.717) is 13.0 Å². The standard InChI is InChI=1S/C22H37NO2/c1-2-3-4-5-6-7-8-9-10-11-12-13-14-15-22(24)25-20-21-16-18-23-19-17-21/h16-19H,2-15,20H2,1H3. The van der Waals surface area contributed by atoms with Crippen molar-refractivity contribution in [1.82, 2.24) is 4.98 Å². The Kier molecular flexibility index (Phi) is 14.0. The van der Waals surface area contributed by atoms with Crippen molar-refractivity contribution in [3.8, 4) is 0 Å². The van der Waals surface area contributed by atoms with Crippen LogP contribution in [-0.2, 0) is 16.1 Å². The van der Waals surface area contributed by atoms with Crippen molar-refractivity contribution < 1.29 is 9.53 Å². The van der Waals surface area contributed by atoms with Crippen LogP contribution in [0.15, 0.2) is 24.5 Å². The lowest BCUT2D eigenvalue weighted by Crippen LogP contribution is -2.04. The van der Waals surface area contributed by atoms with Crippen molar-refractivity contribution >= 4 is 5.97 Å². The number of hydrogen-bond acceptors (Lipinski definition) is 3. The zero-order chi connectivity index (χ0) is 18.0. The first-order valence-electron chi connectivity index (χ1n) is 10.4. The number of nitrogens with zero attached hydrogens (tertiary/aromatic N) is 1. The molecule has 3 nitrogen and oxygen atoms in total. The molecule has 0 bridgehead atoms. The highest BCUT2D eigenvalue weighted by atomic mass is 16.5. The van der Waals surface area contributed by atoms with E-state index in [1.54, 1.807) is 12.4 Å². The molecule has 0 amide bonds. The maximum absolute atomic E-state index is 11.7. The fourth-order valence-corrected chi connectivity index (χ4v) is 3.00. The molecule has 25 heavy (non-hydrogen) atoms. The van der Waals surface area contributed by atoms with Crippen LogP contribution in [-0.4, -0.2) is 11.0 Å². The van der Waals surface area contributed by atoms with E-state index >= 15 is 0 Å². The summed E-state index contributed by atoms with van der Waals surface area (Å²) in [4.78, 5) is 15.6. The Hall–Kier alpha value is -1.38. The van der Waals surface area contributed by atoms with Gasteiger partial charge in [-0.05, 0) is 24.1 Å². The molecular weight excluding hydrogens is 310 g/mol. The van der Waals surface area contributed by atoms with Gasteiger partial charge < -0.3 is 4.74 Å². The third kappa shape index (κ3) is 13.6. The lowest BCUT2D eigenvalue weighted by atomic mass is 10.0. The molecule has 0 fully saturated rings. The third-order valence-electron chi connectivity index (χ3n) is 4.63. The molecule has 142 valence electrons. The van der Waals surface area contributed by atoms with Crippen LogP contribution in [0.2, 0.25) is 0 Å². The van der Waals surface area contributed by atoms with Gasteiger partial charge in [0.1, 0.15) is 6.61 Å². The minimum atomic E-state index is -0.0834. The fraction of sp³-hybridized carbons (Fsp3) is 0.727. The van der Waals surface area contributed by atoms with Gasteiger partial charge in [0.05, 0.1) is 0 Å². The molecule has 0 N–H and O–H groups in total. The number of rotatable bonds is 16. The van der Waals surface area contributed by atoms with E-state index in [-0.39, 0.29) is 5.97 Å². The van der Waals surface area contributed by atoms with Crippen molar-refractivity contribution in [2.45, 2.75) is 103 Å². The van der Waals surface area contributed by atoms with E-state index in [9.17, 15) is 4.79 Å². The maximum Gasteiger partial charge on any atom is 0.306 e. The van der Waals surface area contributed by atoms with E-state index in [4.69, 9.17) is 4.74 Å². The van der Waals surface area contributed by atoms with Crippen LogP contribution in [0, 0.1) is 0 Å². The second-order valence-corrected chi connectivity index (χ2v) is 7.01. The number of unbranched alkanes of at least 4 members (excludes halogenated alkanes) is 12. The summed E-state index contributed by atoms with van der Waals surface area (Å²) in [6, 6.07) is 3.75. The van der Waals surface area contributed by atoms with Gasteiger partial charge in [0, 0.05) is 18.8 Å². The van der Waals surface area contributed by atoms with Crippen molar-refractivity contribution in [1.29, 1.82) is 0 Å². The molecule has 0 aliphatic heterocycles. The molecule has 1 aromatic heterocycles. The van der Waals surface area contributed by atoms with Crippen LogP contribution in [0.5, 0.6) is 0 Å². The fourth-order valence-electron chi connectivity index (χ4n) is 3.00. The zero-order valence-corrected chi connectivity index (χ0v) is 16.2. The summed E-state index contributed by atoms with van der Waals surface area (Å²) in [5.41, 5.74) is 0.994. The number of aromatic nitrogens is 1. The average Bonchev–Trinajstić information content (AvgIpc) is 2.64. The molecule has 3 heteroatoms. The molecule has 1 rings (SSSR count). The Morgan fingerprint density at radius 3 is 1.80 bits per heavy atom. The monoisotopic (exact) mass is 347 g/mol. The predicted octanol–water partition coefficient (Wildman–Crippen LogP) is 6.61. The van der Waals surface area contributed by atoms with Gasteiger partial charge in [0.2, 0.25) is 0 Å². The van der Waals surface area contributed by atoms with Gasteiger partial charge in [0.25, 0.3) is 0 Å². The molecule has 0 radical (unpaired) electrons. The lowest BCUT2D eigenvalue weighted by Gasteiger charge is -2.05. The van der Waals surface area contributed by atoms with Gasteiger partial charge in [-0.3, -0.25) is 9.78 Å². The van der Waals surface area contributed by atoms with Crippen molar-refractivity contribution in [2.24, 2.45) is 0 Å². The SMILES string of the molecule is CCCCCCCCCCCCCCCC(=O)OCc1ccncc1. The summed E-state index contributed by atoms with van der Waals surface area (Å²) < 4.78 is 5.27. The summed E-state index contributed by atoms with van der Waals surface area (Å²) >= 11 is 0. The van der Waals surface area contributed by atoms with Gasteiger partial charge in [-0.15, -0.1) is 0 Å². The highest BCUT2D eigenvalue weighted by Gasteiger charge is 2.03. The Morgan fingerprint density at radius 2 is 1.28 bits per heavy atom. The van der Waals surface area contributed by atoms with Gasteiger partial charge in [-0.2, -0.15) is 0 Å². The van der Waals surface area contributed by atoms with Crippen LogP contribution in [0.3, 0.4) is 0 Å². The summed E-state index contributed by atoms with van der Waals surface area (Å²) in [6.07, 6.45) is 21.1. The summed E-state index contributed by atoms with van der Waals surface area (Å²) in [5.74, 6) is -0.0834. The molecule has 0 saturated carbocycles. The van der Waals surface area contributed by atoms with Crippen LogP contribution >= 0.6 is 0 Å². The zero-order valence-electron chi connectivity index (χ0n) is 16.2. The molecule has 1 heterocycles. The molecule has 0 unspecified atom stereocenters. The van der Waals surface area contributed by atoms with E-state index in [2.05, 4.69) is 11.9 Å². The Bertz CT molecular complexity index is 419. The maximum atomic E-state index is 11.7. The normalized spacial score (nSPS) is 10.8. The highest BCUT2D eigenvalue weighted by Crippen LogP contribution is 2.13. The minimum Gasteiger partial charge on any atom is -0.461 e. The summed E-state index contributed by atoms with van der Waals surface area (Å²) in [5, 5.41) is 0. The molecule has 0 spiro atoms. The molecule has 0 atom stereocenters. The number of pyridine rings is 1. The first-order chi connectivity index (χ1) is 12.3. The van der Waals surface area contributed by atoms with Crippen LogP contribution in [0.4, 0.5) is 0 Å². The van der Waals surface area contributed by atoms with Crippen molar-refractivity contribution in [2.75, 3.05) is 0 Å². The van der Waals surface area contributed by atoms with Crippen LogP contribution in [0.25, 0.3) is 0 Å². The smallest absolute Gasteiger partial charge is 0.306 e. The van der Waals surface area contributed by atoms with Crippen molar-refractivity contribution in [3.05, 3.63) is 30.1 Å². The number of carbonyl (C=O) groups excluding carboxylic acids is 1. The van der Waals surface area contributed by atoms with Crippen LogP contribution < -0.4 is 0 Å². The molecule has 0 aliphatic rings. The van der Waals surface area contributed by atoms with Gasteiger partial charge in [0.15, 0.2) is 0 Å². The Morgan fingerprint density at radius 1 is 0.800 bits per heavy atom. The molecule has 0 saturated heterocycles. The number of carbonyl (C=O) groups is 1. The molecule has 0 aromatic carbocycles. The first kappa shape index (κ1) is 21.7. The van der Waals surface area contributed by atoms with Crippen LogP contribution in [0.1, 0.15) is 102 Å². The van der Waals surface area contributed by atoms with Gasteiger partial charge in [-0.1, -0.05) is 84.0 Å².